The number of carboxylic acids is 1. The molecule has 1 unspecified atom stereocenters. The summed E-state index contributed by atoms with van der Waals surface area (Å²) in [7, 11) is 0. The molecule has 6 N–H and O–H groups in total. The number of allylic oxidation sites excluding steroid dienone is 4. The molecule has 0 saturated heterocycles. The number of para-hydroxylation sites is 1. The molecule has 0 aromatic heterocycles. The zero-order valence-electron chi connectivity index (χ0n) is 13.9. The third kappa shape index (κ3) is 3.56. The van der Waals surface area contributed by atoms with Crippen LogP contribution in [0, 0.1) is 11.3 Å². The lowest BCUT2D eigenvalue weighted by molar-refractivity contribution is -0.136. The molecule has 1 aliphatic carbocycles. The van der Waals surface area contributed by atoms with E-state index in [9.17, 15) is 4.79 Å². The third-order valence-electron chi connectivity index (χ3n) is 4.29. The lowest BCUT2D eigenvalue weighted by atomic mass is 9.91. The summed E-state index contributed by atoms with van der Waals surface area (Å²) >= 11 is 0. The average Bonchev–Trinajstić information content (AvgIpc) is 3.04. The lowest BCUT2D eigenvalue weighted by Crippen LogP contribution is -2.38. The van der Waals surface area contributed by atoms with Crippen LogP contribution < -0.4 is 16.7 Å². The molecule has 25 heavy (non-hydrogen) atoms. The Kier molecular flexibility index (Phi) is 4.58. The third-order valence-corrected chi connectivity index (χ3v) is 4.29. The van der Waals surface area contributed by atoms with E-state index < -0.39 is 5.97 Å². The number of rotatable bonds is 5. The molecule has 1 aromatic rings. The van der Waals surface area contributed by atoms with Crippen LogP contribution in [-0.2, 0) is 4.79 Å². The molecular weight excluding hydrogens is 318 g/mol. The molecule has 1 aromatic carbocycles. The van der Waals surface area contributed by atoms with Gasteiger partial charge in [0.15, 0.2) is 0 Å². The van der Waals surface area contributed by atoms with E-state index in [1.54, 1.807) is 6.07 Å². The summed E-state index contributed by atoms with van der Waals surface area (Å²) < 4.78 is 0. The van der Waals surface area contributed by atoms with Gasteiger partial charge in [-0.3, -0.25) is 20.6 Å². The zero-order valence-corrected chi connectivity index (χ0v) is 13.9. The largest absolute Gasteiger partial charge is 0.481 e. The Morgan fingerprint density at radius 3 is 2.84 bits per heavy atom. The molecule has 130 valence electrons. The van der Waals surface area contributed by atoms with Crippen LogP contribution in [0.1, 0.15) is 25.3 Å². The summed E-state index contributed by atoms with van der Waals surface area (Å²) in [6.45, 7) is 2.05. The molecule has 3 rings (SSSR count). The van der Waals surface area contributed by atoms with Crippen molar-refractivity contribution in [2.45, 2.75) is 19.8 Å². The van der Waals surface area contributed by atoms with Crippen LogP contribution in [0.5, 0.6) is 0 Å². The molecule has 7 nitrogen and oxygen atoms in total. The first-order valence-corrected chi connectivity index (χ1v) is 8.03. The zero-order chi connectivity index (χ0) is 18.0. The molecular formula is C18H21N5O2. The van der Waals surface area contributed by atoms with E-state index in [4.69, 9.17) is 16.2 Å². The van der Waals surface area contributed by atoms with E-state index in [0.29, 0.717) is 29.1 Å². The van der Waals surface area contributed by atoms with Crippen molar-refractivity contribution in [3.05, 3.63) is 65.1 Å². The number of nitrogens with zero attached hydrogens (tertiary/aromatic N) is 1. The molecule has 0 spiro atoms. The van der Waals surface area contributed by atoms with Gasteiger partial charge in [-0.05, 0) is 18.6 Å². The maximum Gasteiger partial charge on any atom is 0.307 e. The highest BCUT2D eigenvalue weighted by Crippen LogP contribution is 2.29. The quantitative estimate of drug-likeness (QED) is 0.415. The average molecular weight is 339 g/mol. The van der Waals surface area contributed by atoms with Crippen LogP contribution in [-0.4, -0.2) is 21.8 Å². The number of nitrogen functional groups attached to an aromatic ring is 1. The van der Waals surface area contributed by atoms with Crippen LogP contribution in [0.3, 0.4) is 0 Å². The molecule has 1 heterocycles. The molecule has 0 bridgehead atoms. The van der Waals surface area contributed by atoms with Crippen LogP contribution in [0.25, 0.3) is 0 Å². The second-order valence-corrected chi connectivity index (χ2v) is 6.20. The van der Waals surface area contributed by atoms with E-state index in [-0.39, 0.29) is 12.3 Å². The number of nitrogens with two attached hydrogens (primary N) is 1. The summed E-state index contributed by atoms with van der Waals surface area (Å²) in [5.74, 6) is -0.646. The molecule has 1 aliphatic heterocycles. The van der Waals surface area contributed by atoms with Gasteiger partial charge in [-0.2, -0.15) is 0 Å². The topological polar surface area (TPSA) is 114 Å². The second-order valence-electron chi connectivity index (χ2n) is 6.20. The normalized spacial score (nSPS) is 19.6. The minimum Gasteiger partial charge on any atom is -0.481 e. The Bertz CT molecular complexity index is 809. The number of aliphatic carboxylic acids is 1. The van der Waals surface area contributed by atoms with Crippen molar-refractivity contribution in [1.29, 1.82) is 5.41 Å². The van der Waals surface area contributed by atoms with Crippen molar-refractivity contribution in [2.24, 2.45) is 5.92 Å². The number of anilines is 1. The number of nitrogens with one attached hydrogen (secondary N) is 3. The standard InChI is InChI=1S/C18H21N5O2/c1-11-8-12(9-17(24)25)6-7-16(11)23-10-15(21-22-23)18(20)13-4-2-3-5-14(13)19/h2-7,10-11,20-22H,8-9,19H2,1H3,(H,24,25). The molecule has 0 saturated carbocycles. The van der Waals surface area contributed by atoms with E-state index in [2.05, 4.69) is 17.9 Å². The molecule has 0 amide bonds. The summed E-state index contributed by atoms with van der Waals surface area (Å²) in [6, 6.07) is 7.27. The molecule has 0 radical (unpaired) electrons. The van der Waals surface area contributed by atoms with Crippen LogP contribution in [0.2, 0.25) is 0 Å². The van der Waals surface area contributed by atoms with E-state index in [1.165, 1.54) is 0 Å². The van der Waals surface area contributed by atoms with Gasteiger partial charge in [0.25, 0.3) is 0 Å². The summed E-state index contributed by atoms with van der Waals surface area (Å²) in [5, 5.41) is 19.1. The van der Waals surface area contributed by atoms with Gasteiger partial charge in [-0.1, -0.05) is 36.8 Å². The predicted molar refractivity (Wildman–Crippen MR) is 96.1 cm³/mol. The smallest absolute Gasteiger partial charge is 0.307 e. The van der Waals surface area contributed by atoms with Gasteiger partial charge in [0, 0.05) is 29.1 Å². The number of carbonyl (C=O) groups is 1. The van der Waals surface area contributed by atoms with E-state index in [1.807, 2.05) is 41.6 Å². The maximum atomic E-state index is 10.9. The fraction of sp³-hybridized carbons (Fsp3) is 0.222. The first-order valence-electron chi connectivity index (χ1n) is 8.03. The highest BCUT2D eigenvalue weighted by Gasteiger charge is 2.25. The monoisotopic (exact) mass is 339 g/mol. The number of benzene rings is 1. The number of hydrazine groups is 2. The summed E-state index contributed by atoms with van der Waals surface area (Å²) in [4.78, 5) is 10.9. The van der Waals surface area contributed by atoms with Crippen molar-refractivity contribution in [1.82, 2.24) is 16.0 Å². The highest BCUT2D eigenvalue weighted by molar-refractivity contribution is 6.13. The van der Waals surface area contributed by atoms with Gasteiger partial charge in [-0.25, -0.2) is 0 Å². The van der Waals surface area contributed by atoms with Crippen LogP contribution in [0.4, 0.5) is 5.69 Å². The highest BCUT2D eigenvalue weighted by atomic mass is 16.4. The van der Waals surface area contributed by atoms with Crippen molar-refractivity contribution < 1.29 is 9.90 Å². The molecule has 2 aliphatic rings. The first kappa shape index (κ1) is 16.8. The fourth-order valence-corrected chi connectivity index (χ4v) is 3.03. The Morgan fingerprint density at radius 2 is 2.16 bits per heavy atom. The second kappa shape index (κ2) is 6.82. The summed E-state index contributed by atoms with van der Waals surface area (Å²) in [6.07, 6.45) is 6.35. The Morgan fingerprint density at radius 1 is 1.40 bits per heavy atom. The van der Waals surface area contributed by atoms with Gasteiger partial charge in [0.1, 0.15) is 0 Å². The molecule has 0 fully saturated rings. The van der Waals surface area contributed by atoms with Gasteiger partial charge in [0.2, 0.25) is 0 Å². The Hall–Kier alpha value is -3.06. The number of hydrogen-bond donors (Lipinski definition) is 5. The minimum atomic E-state index is -0.813. The number of hydrogen-bond acceptors (Lipinski definition) is 6. The Labute approximate surface area is 146 Å². The summed E-state index contributed by atoms with van der Waals surface area (Å²) in [5.41, 5.74) is 16.0. The van der Waals surface area contributed by atoms with E-state index in [0.717, 1.165) is 11.3 Å². The Balaban J connectivity index is 1.78. The van der Waals surface area contributed by atoms with E-state index >= 15 is 0 Å². The maximum absolute atomic E-state index is 10.9. The van der Waals surface area contributed by atoms with Gasteiger partial charge < -0.3 is 10.8 Å². The SMILES string of the molecule is CC1CC(CC(=O)O)=CC=C1N1C=C(C(=N)c2ccccc2N)NN1. The van der Waals surface area contributed by atoms with Crippen LogP contribution >= 0.6 is 0 Å². The molecule has 1 atom stereocenters. The van der Waals surface area contributed by atoms with Gasteiger partial charge in [-0.15, -0.1) is 5.53 Å². The van der Waals surface area contributed by atoms with Gasteiger partial charge in [0.05, 0.1) is 17.8 Å². The number of carboxylic acid groups (broad SMARTS) is 1. The van der Waals surface area contributed by atoms with Crippen molar-refractivity contribution in [2.75, 3.05) is 5.73 Å². The predicted octanol–water partition coefficient (Wildman–Crippen LogP) is 2.13. The van der Waals surface area contributed by atoms with Crippen LogP contribution in [0.15, 0.2) is 59.6 Å². The first-order chi connectivity index (χ1) is 12.0. The van der Waals surface area contributed by atoms with Crippen molar-refractivity contribution >= 4 is 17.4 Å². The molecule has 7 heteroatoms. The van der Waals surface area contributed by atoms with Gasteiger partial charge >= 0.3 is 5.97 Å². The fourth-order valence-electron chi connectivity index (χ4n) is 3.03. The lowest BCUT2D eigenvalue weighted by Gasteiger charge is -2.27. The van der Waals surface area contributed by atoms with Crippen molar-refractivity contribution in [3.8, 4) is 0 Å². The van der Waals surface area contributed by atoms with Crippen molar-refractivity contribution in [3.63, 3.8) is 0 Å². The minimum absolute atomic E-state index is 0.0683.